The van der Waals surface area contributed by atoms with E-state index in [1.807, 2.05) is 35.9 Å². The van der Waals surface area contributed by atoms with Crippen LogP contribution in [0, 0.1) is 13.8 Å². The van der Waals surface area contributed by atoms with E-state index in [0.717, 1.165) is 32.9 Å². The molecule has 0 unspecified atom stereocenters. The molecule has 0 aliphatic rings. The maximum atomic E-state index is 12.6. The van der Waals surface area contributed by atoms with Gasteiger partial charge in [0.15, 0.2) is 0 Å². The summed E-state index contributed by atoms with van der Waals surface area (Å²) in [6, 6.07) is 20.4. The second-order valence-electron chi connectivity index (χ2n) is 6.65. The van der Waals surface area contributed by atoms with Crippen molar-refractivity contribution in [2.24, 2.45) is 0 Å². The Balaban J connectivity index is 1.53. The molecule has 0 spiro atoms. The summed E-state index contributed by atoms with van der Waals surface area (Å²) in [7, 11) is 0. The maximum Gasteiger partial charge on any atom is 0.261 e. The molecule has 2 aromatic heterocycles. The maximum absolute atomic E-state index is 12.6. The molecule has 1 N–H and O–H groups in total. The Morgan fingerprint density at radius 2 is 1.81 bits per heavy atom. The number of fused-ring (bicyclic) bond motifs is 1. The average Bonchev–Trinajstić information content (AvgIpc) is 3.24. The Morgan fingerprint density at radius 3 is 2.56 bits per heavy atom. The van der Waals surface area contributed by atoms with Crippen LogP contribution in [0.2, 0.25) is 0 Å². The molecule has 0 bridgehead atoms. The van der Waals surface area contributed by atoms with E-state index in [1.54, 1.807) is 0 Å². The lowest BCUT2D eigenvalue weighted by atomic mass is 10.1. The molecule has 0 radical (unpaired) electrons. The first kappa shape index (κ1) is 17.5. The smallest absolute Gasteiger partial charge is 0.261 e. The van der Waals surface area contributed by atoms with Gasteiger partial charge < -0.3 is 5.32 Å². The van der Waals surface area contributed by atoms with Gasteiger partial charge in [0.2, 0.25) is 0 Å². The summed E-state index contributed by atoms with van der Waals surface area (Å²) in [5.41, 5.74) is 4.38. The highest BCUT2D eigenvalue weighted by Gasteiger charge is 2.17. The van der Waals surface area contributed by atoms with E-state index < -0.39 is 0 Å². The molecule has 4 nitrogen and oxygen atoms in total. The van der Waals surface area contributed by atoms with Crippen LogP contribution in [0.15, 0.2) is 60.7 Å². The van der Waals surface area contributed by atoms with Crippen molar-refractivity contribution in [1.82, 2.24) is 15.1 Å². The van der Waals surface area contributed by atoms with Gasteiger partial charge in [0, 0.05) is 11.9 Å². The molecule has 1 amide bonds. The normalized spacial score (nSPS) is 11.0. The summed E-state index contributed by atoms with van der Waals surface area (Å²) >= 11 is 1.49. The van der Waals surface area contributed by atoms with E-state index in [1.165, 1.54) is 22.5 Å². The quantitative estimate of drug-likeness (QED) is 0.551. The van der Waals surface area contributed by atoms with E-state index in [4.69, 9.17) is 0 Å². The van der Waals surface area contributed by atoms with Crippen molar-refractivity contribution in [3.8, 4) is 5.69 Å². The number of benzene rings is 2. The molecule has 4 rings (SSSR count). The fourth-order valence-electron chi connectivity index (χ4n) is 3.07. The van der Waals surface area contributed by atoms with Crippen molar-refractivity contribution in [2.75, 3.05) is 6.54 Å². The molecule has 2 heterocycles. The third kappa shape index (κ3) is 3.64. The van der Waals surface area contributed by atoms with E-state index in [9.17, 15) is 4.79 Å². The van der Waals surface area contributed by atoms with Crippen molar-refractivity contribution >= 4 is 27.5 Å². The SMILES string of the molecule is Cc1ccc(-n2nc(C)c3cc(C(=O)NCCc4ccccc4)sc32)cc1. The van der Waals surface area contributed by atoms with E-state index in [2.05, 4.69) is 53.7 Å². The average molecular weight is 375 g/mol. The molecule has 0 atom stereocenters. The van der Waals surface area contributed by atoms with E-state index >= 15 is 0 Å². The number of thiophene rings is 1. The standard InChI is InChI=1S/C22H21N3OS/c1-15-8-10-18(11-9-15)25-22-19(16(2)24-25)14-20(27-22)21(26)23-13-12-17-6-4-3-5-7-17/h3-11,14H,12-13H2,1-2H3,(H,23,26). The van der Waals surface area contributed by atoms with Gasteiger partial charge in [-0.05, 0) is 44.0 Å². The van der Waals surface area contributed by atoms with Crippen LogP contribution in [-0.4, -0.2) is 22.2 Å². The molecule has 0 saturated carbocycles. The van der Waals surface area contributed by atoms with Gasteiger partial charge in [-0.3, -0.25) is 4.79 Å². The fourth-order valence-corrected chi connectivity index (χ4v) is 4.17. The molecule has 4 aromatic rings. The Labute approximate surface area is 162 Å². The van der Waals surface area contributed by atoms with Gasteiger partial charge >= 0.3 is 0 Å². The predicted molar refractivity (Wildman–Crippen MR) is 111 cm³/mol. The highest BCUT2D eigenvalue weighted by Crippen LogP contribution is 2.30. The van der Waals surface area contributed by atoms with Crippen LogP contribution in [0.4, 0.5) is 0 Å². The zero-order valence-corrected chi connectivity index (χ0v) is 16.2. The van der Waals surface area contributed by atoms with Crippen LogP contribution in [0.25, 0.3) is 15.9 Å². The summed E-state index contributed by atoms with van der Waals surface area (Å²) in [5, 5.41) is 8.71. The van der Waals surface area contributed by atoms with E-state index in [0.29, 0.717) is 6.54 Å². The van der Waals surface area contributed by atoms with Gasteiger partial charge in [-0.25, -0.2) is 4.68 Å². The molecule has 0 aliphatic carbocycles. The number of nitrogens with zero attached hydrogens (tertiary/aromatic N) is 2. The number of carbonyl (C=O) groups is 1. The van der Waals surface area contributed by atoms with Crippen LogP contribution in [0.5, 0.6) is 0 Å². The second kappa shape index (κ2) is 7.37. The van der Waals surface area contributed by atoms with Crippen molar-refractivity contribution in [3.63, 3.8) is 0 Å². The highest BCUT2D eigenvalue weighted by atomic mass is 32.1. The zero-order chi connectivity index (χ0) is 18.8. The monoisotopic (exact) mass is 375 g/mol. The number of hydrogen-bond donors (Lipinski definition) is 1. The van der Waals surface area contributed by atoms with Gasteiger partial charge in [-0.2, -0.15) is 5.10 Å². The Morgan fingerprint density at radius 1 is 1.07 bits per heavy atom. The van der Waals surface area contributed by atoms with Gasteiger partial charge in [0.05, 0.1) is 16.3 Å². The van der Waals surface area contributed by atoms with Crippen LogP contribution in [-0.2, 0) is 6.42 Å². The molecule has 2 aromatic carbocycles. The highest BCUT2D eigenvalue weighted by molar-refractivity contribution is 7.20. The number of rotatable bonds is 5. The van der Waals surface area contributed by atoms with Crippen molar-refractivity contribution < 1.29 is 4.79 Å². The molecule has 0 fully saturated rings. The van der Waals surface area contributed by atoms with Gasteiger partial charge in [0.25, 0.3) is 5.91 Å². The molecule has 27 heavy (non-hydrogen) atoms. The summed E-state index contributed by atoms with van der Waals surface area (Å²) in [6.07, 6.45) is 0.827. The summed E-state index contributed by atoms with van der Waals surface area (Å²) in [5.74, 6) is -0.0259. The lowest BCUT2D eigenvalue weighted by Gasteiger charge is -2.04. The Hall–Kier alpha value is -2.92. The molecule has 5 heteroatoms. The van der Waals surface area contributed by atoms with Crippen LogP contribution >= 0.6 is 11.3 Å². The minimum Gasteiger partial charge on any atom is -0.351 e. The third-order valence-electron chi connectivity index (χ3n) is 4.59. The van der Waals surface area contributed by atoms with Gasteiger partial charge in [-0.15, -0.1) is 11.3 Å². The summed E-state index contributed by atoms with van der Waals surface area (Å²) in [6.45, 7) is 4.67. The fraction of sp³-hybridized carbons (Fsp3) is 0.182. The Bertz CT molecular complexity index is 1080. The number of aromatic nitrogens is 2. The van der Waals surface area contributed by atoms with Gasteiger partial charge in [-0.1, -0.05) is 48.0 Å². The number of aryl methyl sites for hydroxylation is 2. The lowest BCUT2D eigenvalue weighted by Crippen LogP contribution is -2.24. The number of hydrogen-bond acceptors (Lipinski definition) is 3. The van der Waals surface area contributed by atoms with Crippen LogP contribution in [0.1, 0.15) is 26.5 Å². The van der Waals surface area contributed by atoms with Crippen molar-refractivity contribution in [3.05, 3.63) is 82.4 Å². The Kier molecular flexibility index (Phi) is 4.77. The summed E-state index contributed by atoms with van der Waals surface area (Å²) < 4.78 is 1.93. The molecular weight excluding hydrogens is 354 g/mol. The van der Waals surface area contributed by atoms with Crippen LogP contribution in [0.3, 0.4) is 0 Å². The number of carbonyl (C=O) groups excluding carboxylic acids is 1. The molecule has 0 aliphatic heterocycles. The number of amides is 1. The topological polar surface area (TPSA) is 46.9 Å². The first-order valence-corrected chi connectivity index (χ1v) is 9.82. The first-order chi connectivity index (χ1) is 13.1. The molecule has 0 saturated heterocycles. The van der Waals surface area contributed by atoms with E-state index in [-0.39, 0.29) is 5.91 Å². The zero-order valence-electron chi connectivity index (χ0n) is 15.4. The summed E-state index contributed by atoms with van der Waals surface area (Å²) in [4.78, 5) is 14.3. The van der Waals surface area contributed by atoms with Crippen molar-refractivity contribution in [2.45, 2.75) is 20.3 Å². The third-order valence-corrected chi connectivity index (χ3v) is 5.70. The van der Waals surface area contributed by atoms with Crippen molar-refractivity contribution in [1.29, 1.82) is 0 Å². The predicted octanol–water partition coefficient (Wildman–Crippen LogP) is 4.68. The molecular formula is C22H21N3OS. The lowest BCUT2D eigenvalue weighted by molar-refractivity contribution is 0.0958. The second-order valence-corrected chi connectivity index (χ2v) is 7.68. The first-order valence-electron chi connectivity index (χ1n) is 9.00. The minimum absolute atomic E-state index is 0.0259. The van der Waals surface area contributed by atoms with Crippen LogP contribution < -0.4 is 5.32 Å². The number of nitrogens with one attached hydrogen (secondary N) is 1. The minimum atomic E-state index is -0.0259. The largest absolute Gasteiger partial charge is 0.351 e. The van der Waals surface area contributed by atoms with Gasteiger partial charge in [0.1, 0.15) is 4.83 Å². The molecule has 136 valence electrons.